The van der Waals surface area contributed by atoms with Crippen LogP contribution in [0.15, 0.2) is 22.6 Å². The molecule has 3 nitrogen and oxygen atoms in total. The average molecular weight is 248 g/mol. The number of aryl methyl sites for hydroxylation is 1. The number of nitrogens with zero attached hydrogens (tertiary/aromatic N) is 1. The maximum absolute atomic E-state index is 13.0. The largest absolute Gasteiger partial charge is 0.441 e. The van der Waals surface area contributed by atoms with E-state index in [0.717, 1.165) is 31.8 Å². The lowest BCUT2D eigenvalue weighted by Crippen LogP contribution is -2.29. The predicted molar refractivity (Wildman–Crippen MR) is 67.9 cm³/mol. The van der Waals surface area contributed by atoms with Crippen molar-refractivity contribution in [2.24, 2.45) is 5.92 Å². The lowest BCUT2D eigenvalue weighted by Gasteiger charge is -2.21. The molecule has 1 aromatic heterocycles. The van der Waals surface area contributed by atoms with Gasteiger partial charge in [-0.1, -0.05) is 0 Å². The third-order valence-corrected chi connectivity index (χ3v) is 3.56. The van der Waals surface area contributed by atoms with E-state index in [1.165, 1.54) is 25.0 Å². The Morgan fingerprint density at radius 2 is 2.39 bits per heavy atom. The molecule has 1 aliphatic heterocycles. The standard InChI is InChI=1S/C14H17FN2O/c15-11-4-5-13-12(8-11)17-14(18-13)6-3-10-2-1-7-16-9-10/h4-5,8,10,16H,1-3,6-7,9H2. The fourth-order valence-corrected chi connectivity index (χ4v) is 2.55. The van der Waals surface area contributed by atoms with Gasteiger partial charge in [-0.2, -0.15) is 0 Å². The van der Waals surface area contributed by atoms with Crippen molar-refractivity contribution in [3.8, 4) is 0 Å². The lowest BCUT2D eigenvalue weighted by molar-refractivity contribution is 0.347. The smallest absolute Gasteiger partial charge is 0.195 e. The van der Waals surface area contributed by atoms with Gasteiger partial charge in [0.1, 0.15) is 11.3 Å². The summed E-state index contributed by atoms with van der Waals surface area (Å²) in [7, 11) is 0. The number of halogens is 1. The highest BCUT2D eigenvalue weighted by molar-refractivity contribution is 5.72. The Morgan fingerprint density at radius 3 is 3.22 bits per heavy atom. The second-order valence-corrected chi connectivity index (χ2v) is 4.97. The van der Waals surface area contributed by atoms with Crippen molar-refractivity contribution in [2.75, 3.05) is 13.1 Å². The molecule has 2 heterocycles. The second-order valence-electron chi connectivity index (χ2n) is 4.97. The van der Waals surface area contributed by atoms with Crippen molar-refractivity contribution >= 4 is 11.1 Å². The van der Waals surface area contributed by atoms with E-state index in [2.05, 4.69) is 10.3 Å². The molecule has 2 aromatic rings. The maximum Gasteiger partial charge on any atom is 0.195 e. The van der Waals surface area contributed by atoms with Gasteiger partial charge in [-0.15, -0.1) is 0 Å². The van der Waals surface area contributed by atoms with Crippen molar-refractivity contribution in [3.05, 3.63) is 29.9 Å². The van der Waals surface area contributed by atoms with E-state index in [-0.39, 0.29) is 5.82 Å². The fraction of sp³-hybridized carbons (Fsp3) is 0.500. The molecule has 1 aliphatic rings. The first-order valence-electron chi connectivity index (χ1n) is 6.57. The van der Waals surface area contributed by atoms with E-state index >= 15 is 0 Å². The van der Waals surface area contributed by atoms with Crippen LogP contribution < -0.4 is 5.32 Å². The van der Waals surface area contributed by atoms with Crippen LogP contribution >= 0.6 is 0 Å². The van der Waals surface area contributed by atoms with Crippen LogP contribution in [0.1, 0.15) is 25.2 Å². The van der Waals surface area contributed by atoms with Gasteiger partial charge in [-0.3, -0.25) is 0 Å². The summed E-state index contributed by atoms with van der Waals surface area (Å²) in [5, 5.41) is 3.40. The predicted octanol–water partition coefficient (Wildman–Crippen LogP) is 2.90. The summed E-state index contributed by atoms with van der Waals surface area (Å²) in [5.41, 5.74) is 1.29. The van der Waals surface area contributed by atoms with E-state index in [1.54, 1.807) is 6.07 Å². The zero-order chi connectivity index (χ0) is 12.4. The molecule has 4 heteroatoms. The molecule has 1 fully saturated rings. The van der Waals surface area contributed by atoms with Crippen molar-refractivity contribution in [1.29, 1.82) is 0 Å². The molecular formula is C14H17FN2O. The minimum atomic E-state index is -0.265. The number of benzene rings is 1. The van der Waals surface area contributed by atoms with Gasteiger partial charge in [-0.25, -0.2) is 9.37 Å². The van der Waals surface area contributed by atoms with Crippen LogP contribution in [0.4, 0.5) is 4.39 Å². The number of piperidine rings is 1. The molecule has 1 N–H and O–H groups in total. The third-order valence-electron chi connectivity index (χ3n) is 3.56. The quantitative estimate of drug-likeness (QED) is 0.907. The molecule has 0 aliphatic carbocycles. The molecule has 0 bridgehead atoms. The van der Waals surface area contributed by atoms with Crippen LogP contribution in [-0.4, -0.2) is 18.1 Å². The topological polar surface area (TPSA) is 38.1 Å². The van der Waals surface area contributed by atoms with Crippen LogP contribution in [0, 0.1) is 11.7 Å². The Balaban J connectivity index is 1.67. The van der Waals surface area contributed by atoms with Crippen molar-refractivity contribution in [3.63, 3.8) is 0 Å². The lowest BCUT2D eigenvalue weighted by atomic mass is 9.95. The number of oxazole rings is 1. The number of fused-ring (bicyclic) bond motifs is 1. The molecule has 1 aromatic carbocycles. The molecule has 0 spiro atoms. The molecule has 96 valence electrons. The van der Waals surface area contributed by atoms with Crippen molar-refractivity contribution in [1.82, 2.24) is 10.3 Å². The van der Waals surface area contributed by atoms with E-state index in [1.807, 2.05) is 0 Å². The summed E-state index contributed by atoms with van der Waals surface area (Å²) in [4.78, 5) is 4.33. The summed E-state index contributed by atoms with van der Waals surface area (Å²) in [6, 6.07) is 4.47. The molecule has 1 unspecified atom stereocenters. The van der Waals surface area contributed by atoms with Crippen LogP contribution in [0.2, 0.25) is 0 Å². The van der Waals surface area contributed by atoms with Gasteiger partial charge in [0.2, 0.25) is 0 Å². The van der Waals surface area contributed by atoms with Gasteiger partial charge in [0.25, 0.3) is 0 Å². The number of hydrogen-bond acceptors (Lipinski definition) is 3. The van der Waals surface area contributed by atoms with E-state index < -0.39 is 0 Å². The Morgan fingerprint density at radius 1 is 1.44 bits per heavy atom. The molecule has 0 amide bonds. The zero-order valence-electron chi connectivity index (χ0n) is 10.3. The summed E-state index contributed by atoms with van der Waals surface area (Å²) < 4.78 is 18.6. The maximum atomic E-state index is 13.0. The molecule has 3 rings (SSSR count). The zero-order valence-corrected chi connectivity index (χ0v) is 10.3. The number of rotatable bonds is 3. The highest BCUT2D eigenvalue weighted by atomic mass is 19.1. The van der Waals surface area contributed by atoms with Gasteiger partial charge in [0, 0.05) is 12.5 Å². The number of aromatic nitrogens is 1. The van der Waals surface area contributed by atoms with E-state index in [9.17, 15) is 4.39 Å². The average Bonchev–Trinajstić information content (AvgIpc) is 2.79. The minimum Gasteiger partial charge on any atom is -0.441 e. The van der Waals surface area contributed by atoms with Gasteiger partial charge in [0.05, 0.1) is 0 Å². The molecule has 18 heavy (non-hydrogen) atoms. The first-order valence-corrected chi connectivity index (χ1v) is 6.57. The molecule has 1 atom stereocenters. The van der Waals surface area contributed by atoms with E-state index in [4.69, 9.17) is 4.42 Å². The Kier molecular flexibility index (Phi) is 3.28. The monoisotopic (exact) mass is 248 g/mol. The number of hydrogen-bond donors (Lipinski definition) is 1. The van der Waals surface area contributed by atoms with Crippen LogP contribution in [0.3, 0.4) is 0 Å². The molecular weight excluding hydrogens is 231 g/mol. The second kappa shape index (κ2) is 5.06. The van der Waals surface area contributed by atoms with Gasteiger partial charge in [0.15, 0.2) is 11.5 Å². The summed E-state index contributed by atoms with van der Waals surface area (Å²) in [5.74, 6) is 1.17. The Hall–Kier alpha value is -1.42. The highest BCUT2D eigenvalue weighted by Crippen LogP contribution is 2.20. The molecule has 0 saturated carbocycles. The summed E-state index contributed by atoms with van der Waals surface area (Å²) >= 11 is 0. The molecule has 1 saturated heterocycles. The van der Waals surface area contributed by atoms with Crippen LogP contribution in [0.25, 0.3) is 11.1 Å². The minimum absolute atomic E-state index is 0.265. The fourth-order valence-electron chi connectivity index (χ4n) is 2.55. The molecule has 0 radical (unpaired) electrons. The Bertz CT molecular complexity index is 532. The normalized spacial score (nSPS) is 20.4. The number of nitrogens with one attached hydrogen (secondary N) is 1. The Labute approximate surface area is 105 Å². The van der Waals surface area contributed by atoms with E-state index in [0.29, 0.717) is 17.0 Å². The third kappa shape index (κ3) is 2.53. The summed E-state index contributed by atoms with van der Waals surface area (Å²) in [6.45, 7) is 2.23. The van der Waals surface area contributed by atoms with Crippen molar-refractivity contribution < 1.29 is 8.81 Å². The van der Waals surface area contributed by atoms with Crippen LogP contribution in [0.5, 0.6) is 0 Å². The summed E-state index contributed by atoms with van der Waals surface area (Å²) in [6.07, 6.45) is 4.45. The van der Waals surface area contributed by atoms with Gasteiger partial charge in [-0.05, 0) is 50.4 Å². The SMILES string of the molecule is Fc1ccc2oc(CCC3CCCNC3)nc2c1. The van der Waals surface area contributed by atoms with Gasteiger partial charge < -0.3 is 9.73 Å². The first-order chi connectivity index (χ1) is 8.81. The highest BCUT2D eigenvalue weighted by Gasteiger charge is 2.14. The van der Waals surface area contributed by atoms with Crippen LogP contribution in [-0.2, 0) is 6.42 Å². The first kappa shape index (κ1) is 11.7. The van der Waals surface area contributed by atoms with Crippen molar-refractivity contribution in [2.45, 2.75) is 25.7 Å². The van der Waals surface area contributed by atoms with Gasteiger partial charge >= 0.3 is 0 Å².